The summed E-state index contributed by atoms with van der Waals surface area (Å²) in [5, 5.41) is 2.78. The number of halogens is 2. The number of benzene rings is 1. The summed E-state index contributed by atoms with van der Waals surface area (Å²) in [5.74, 6) is -2.82. The molecule has 1 fully saturated rings. The van der Waals surface area contributed by atoms with Crippen LogP contribution in [0.4, 0.5) is 14.5 Å². The number of nitrogens with zero attached hydrogens (tertiary/aromatic N) is 1. The van der Waals surface area contributed by atoms with Crippen molar-refractivity contribution < 1.29 is 18.4 Å². The largest absolute Gasteiger partial charge is 0.356 e. The van der Waals surface area contributed by atoms with Gasteiger partial charge in [-0.25, -0.2) is 8.78 Å². The van der Waals surface area contributed by atoms with Gasteiger partial charge in [0.2, 0.25) is 11.8 Å². The number of para-hydroxylation sites is 1. The number of hydrogen-bond donors (Lipinski definition) is 1. The lowest BCUT2D eigenvalue weighted by atomic mass is 10.1. The highest BCUT2D eigenvalue weighted by Gasteiger charge is 2.37. The lowest BCUT2D eigenvalue weighted by molar-refractivity contribution is -0.126. The fourth-order valence-electron chi connectivity index (χ4n) is 2.58. The Hall–Kier alpha value is -1.98. The molecule has 1 aromatic rings. The first-order chi connectivity index (χ1) is 10.5. The van der Waals surface area contributed by atoms with E-state index in [0.717, 1.165) is 36.3 Å². The maximum atomic E-state index is 13.8. The Balaban J connectivity index is 2.00. The second-order valence-corrected chi connectivity index (χ2v) is 5.47. The topological polar surface area (TPSA) is 49.4 Å². The molecule has 0 spiro atoms. The fourth-order valence-corrected chi connectivity index (χ4v) is 2.58. The van der Waals surface area contributed by atoms with Gasteiger partial charge in [0.1, 0.15) is 17.3 Å². The van der Waals surface area contributed by atoms with E-state index in [1.165, 1.54) is 6.07 Å². The molecule has 1 atom stereocenters. The highest BCUT2D eigenvalue weighted by Crippen LogP contribution is 2.29. The Morgan fingerprint density at radius 1 is 1.32 bits per heavy atom. The maximum Gasteiger partial charge on any atom is 0.228 e. The summed E-state index contributed by atoms with van der Waals surface area (Å²) in [6.45, 7) is 2.64. The fraction of sp³-hybridized carbons (Fsp3) is 0.500. The molecule has 120 valence electrons. The van der Waals surface area contributed by atoms with Gasteiger partial charge in [0, 0.05) is 19.5 Å². The van der Waals surface area contributed by atoms with Crippen LogP contribution in [0.15, 0.2) is 18.2 Å². The number of anilines is 1. The minimum Gasteiger partial charge on any atom is -0.356 e. The molecule has 0 aromatic heterocycles. The third-order valence-corrected chi connectivity index (χ3v) is 3.78. The van der Waals surface area contributed by atoms with Crippen molar-refractivity contribution in [2.45, 2.75) is 32.6 Å². The van der Waals surface area contributed by atoms with E-state index >= 15 is 0 Å². The number of carbonyl (C=O) groups excluding carboxylic acids is 2. The van der Waals surface area contributed by atoms with E-state index in [9.17, 15) is 18.4 Å². The molecule has 1 aromatic carbocycles. The molecule has 22 heavy (non-hydrogen) atoms. The van der Waals surface area contributed by atoms with Crippen LogP contribution in [0.1, 0.15) is 32.6 Å². The van der Waals surface area contributed by atoms with Crippen LogP contribution < -0.4 is 10.2 Å². The van der Waals surface area contributed by atoms with Crippen molar-refractivity contribution in [3.05, 3.63) is 29.8 Å². The van der Waals surface area contributed by atoms with Crippen molar-refractivity contribution >= 4 is 17.5 Å². The highest BCUT2D eigenvalue weighted by molar-refractivity contribution is 6.00. The first-order valence-corrected chi connectivity index (χ1v) is 7.56. The minimum absolute atomic E-state index is 0.0102. The van der Waals surface area contributed by atoms with Crippen molar-refractivity contribution in [1.29, 1.82) is 0 Å². The molecule has 1 unspecified atom stereocenters. The van der Waals surface area contributed by atoms with Gasteiger partial charge in [-0.3, -0.25) is 9.59 Å². The van der Waals surface area contributed by atoms with Crippen molar-refractivity contribution in [3.8, 4) is 0 Å². The van der Waals surface area contributed by atoms with Crippen LogP contribution >= 0.6 is 0 Å². The number of nitrogens with one attached hydrogen (secondary N) is 1. The number of amides is 2. The third kappa shape index (κ3) is 3.61. The van der Waals surface area contributed by atoms with Gasteiger partial charge in [-0.05, 0) is 18.6 Å². The zero-order valence-electron chi connectivity index (χ0n) is 12.6. The Morgan fingerprint density at radius 3 is 2.64 bits per heavy atom. The number of hydrogen-bond acceptors (Lipinski definition) is 2. The van der Waals surface area contributed by atoms with Crippen molar-refractivity contribution in [2.24, 2.45) is 5.92 Å². The van der Waals surface area contributed by atoms with E-state index in [1.807, 2.05) is 0 Å². The predicted octanol–water partition coefficient (Wildman–Crippen LogP) is 2.62. The molecule has 6 heteroatoms. The van der Waals surface area contributed by atoms with Crippen LogP contribution in [0, 0.1) is 17.6 Å². The van der Waals surface area contributed by atoms with Crippen LogP contribution in [0.25, 0.3) is 0 Å². The highest BCUT2D eigenvalue weighted by atomic mass is 19.1. The SMILES string of the molecule is CCCCCNC(=O)C1CC(=O)N(c2c(F)cccc2F)C1. The summed E-state index contributed by atoms with van der Waals surface area (Å²) < 4.78 is 27.5. The summed E-state index contributed by atoms with van der Waals surface area (Å²) in [7, 11) is 0. The number of rotatable bonds is 6. The van der Waals surface area contributed by atoms with Crippen molar-refractivity contribution in [2.75, 3.05) is 18.0 Å². The molecule has 0 radical (unpaired) electrons. The van der Waals surface area contributed by atoms with Crippen LogP contribution in [0.2, 0.25) is 0 Å². The van der Waals surface area contributed by atoms with Gasteiger partial charge < -0.3 is 10.2 Å². The van der Waals surface area contributed by atoms with Crippen molar-refractivity contribution in [3.63, 3.8) is 0 Å². The monoisotopic (exact) mass is 310 g/mol. The van der Waals surface area contributed by atoms with Gasteiger partial charge >= 0.3 is 0 Å². The standard InChI is InChI=1S/C16H20F2N2O2/c1-2-3-4-8-19-16(22)11-9-14(21)20(10-11)15-12(17)6-5-7-13(15)18/h5-7,11H,2-4,8-10H2,1H3,(H,19,22). The molecule has 0 bridgehead atoms. The van der Waals surface area contributed by atoms with Crippen LogP contribution in [0.3, 0.4) is 0 Å². The number of carbonyl (C=O) groups is 2. The maximum absolute atomic E-state index is 13.8. The van der Waals surface area contributed by atoms with E-state index in [2.05, 4.69) is 12.2 Å². The average Bonchev–Trinajstić information content (AvgIpc) is 2.85. The molecule has 0 aliphatic carbocycles. The van der Waals surface area contributed by atoms with Gasteiger partial charge in [0.15, 0.2) is 0 Å². The lowest BCUT2D eigenvalue weighted by Crippen LogP contribution is -2.34. The van der Waals surface area contributed by atoms with E-state index in [-0.39, 0.29) is 24.6 Å². The summed E-state index contributed by atoms with van der Waals surface area (Å²) >= 11 is 0. The molecule has 2 rings (SSSR count). The second kappa shape index (κ2) is 7.33. The van der Waals surface area contributed by atoms with Gasteiger partial charge in [0.05, 0.1) is 5.92 Å². The van der Waals surface area contributed by atoms with Crippen LogP contribution in [-0.2, 0) is 9.59 Å². The first kappa shape index (κ1) is 16.4. The minimum atomic E-state index is -0.794. The van der Waals surface area contributed by atoms with Gasteiger partial charge in [0.25, 0.3) is 0 Å². The molecule has 0 saturated carbocycles. The molecule has 1 aliphatic heterocycles. The summed E-state index contributed by atoms with van der Waals surface area (Å²) in [4.78, 5) is 25.0. The molecular formula is C16H20F2N2O2. The molecular weight excluding hydrogens is 290 g/mol. The van der Waals surface area contributed by atoms with Crippen LogP contribution in [0.5, 0.6) is 0 Å². The number of unbranched alkanes of at least 4 members (excludes halogenated alkanes) is 2. The van der Waals surface area contributed by atoms with Gasteiger partial charge in [-0.2, -0.15) is 0 Å². The van der Waals surface area contributed by atoms with Crippen LogP contribution in [-0.4, -0.2) is 24.9 Å². The van der Waals surface area contributed by atoms with Crippen molar-refractivity contribution in [1.82, 2.24) is 5.32 Å². The Labute approximate surface area is 128 Å². The van der Waals surface area contributed by atoms with E-state index in [0.29, 0.717) is 6.54 Å². The van der Waals surface area contributed by atoms with E-state index < -0.39 is 23.5 Å². The molecule has 1 heterocycles. The molecule has 1 N–H and O–H groups in total. The molecule has 4 nitrogen and oxygen atoms in total. The normalized spacial score (nSPS) is 17.9. The third-order valence-electron chi connectivity index (χ3n) is 3.78. The molecule has 2 amide bonds. The van der Waals surface area contributed by atoms with E-state index in [4.69, 9.17) is 0 Å². The average molecular weight is 310 g/mol. The summed E-state index contributed by atoms with van der Waals surface area (Å²) in [6, 6.07) is 3.44. The molecule has 1 saturated heterocycles. The quantitative estimate of drug-likeness (QED) is 0.821. The molecule has 1 aliphatic rings. The predicted molar refractivity (Wildman–Crippen MR) is 79.4 cm³/mol. The van der Waals surface area contributed by atoms with Gasteiger partial charge in [-0.15, -0.1) is 0 Å². The zero-order chi connectivity index (χ0) is 16.1. The summed E-state index contributed by atoms with van der Waals surface area (Å²) in [6.07, 6.45) is 2.94. The van der Waals surface area contributed by atoms with Gasteiger partial charge in [-0.1, -0.05) is 25.8 Å². The zero-order valence-corrected chi connectivity index (χ0v) is 12.6. The Bertz CT molecular complexity index is 543. The Kier molecular flexibility index (Phi) is 5.46. The smallest absolute Gasteiger partial charge is 0.228 e. The summed E-state index contributed by atoms with van der Waals surface area (Å²) in [5.41, 5.74) is -0.367. The lowest BCUT2D eigenvalue weighted by Gasteiger charge is -2.18. The van der Waals surface area contributed by atoms with E-state index in [1.54, 1.807) is 0 Å². The Morgan fingerprint density at radius 2 is 2.00 bits per heavy atom. The second-order valence-electron chi connectivity index (χ2n) is 5.47. The first-order valence-electron chi connectivity index (χ1n) is 7.56.